The lowest BCUT2D eigenvalue weighted by molar-refractivity contribution is 0.184. The van der Waals surface area contributed by atoms with Crippen LogP contribution in [0.15, 0.2) is 0 Å². The van der Waals surface area contributed by atoms with Crippen LogP contribution in [-0.2, 0) is 0 Å². The number of nitrogens with zero attached hydrogens (tertiary/aromatic N) is 1. The lowest BCUT2D eigenvalue weighted by atomic mass is 9.91. The number of likely N-dealkylation sites (tertiary alicyclic amines) is 1. The second-order valence-electron chi connectivity index (χ2n) is 3.41. The molecule has 60 valence electrons. The van der Waals surface area contributed by atoms with Crippen molar-refractivity contribution in [2.75, 3.05) is 26.7 Å². The van der Waals surface area contributed by atoms with Crippen LogP contribution in [-0.4, -0.2) is 37.1 Å². The molecule has 3 nitrogen and oxygen atoms in total. The molecule has 1 aliphatic rings. The first kappa shape index (κ1) is 7.98. The highest BCUT2D eigenvalue weighted by atomic mass is 15.1. The maximum absolute atomic E-state index is 5.98. The molecule has 0 amide bonds. The summed E-state index contributed by atoms with van der Waals surface area (Å²) >= 11 is 0. The van der Waals surface area contributed by atoms with E-state index in [0.717, 1.165) is 13.0 Å². The molecule has 4 N–H and O–H groups in total. The van der Waals surface area contributed by atoms with Crippen LogP contribution in [0.3, 0.4) is 0 Å². The lowest BCUT2D eigenvalue weighted by Crippen LogP contribution is -2.57. The molecule has 1 atom stereocenters. The van der Waals surface area contributed by atoms with Crippen LogP contribution in [0.4, 0.5) is 0 Å². The van der Waals surface area contributed by atoms with Crippen LogP contribution in [0.5, 0.6) is 0 Å². The minimum atomic E-state index is -0.104. The fourth-order valence-corrected chi connectivity index (χ4v) is 1.56. The Kier molecular flexibility index (Phi) is 2.28. The maximum Gasteiger partial charge on any atom is 0.0407 e. The Labute approximate surface area is 62.4 Å². The van der Waals surface area contributed by atoms with E-state index in [1.54, 1.807) is 0 Å². The van der Waals surface area contributed by atoms with Crippen molar-refractivity contribution < 1.29 is 0 Å². The molecule has 0 aromatic carbocycles. The van der Waals surface area contributed by atoms with E-state index in [-0.39, 0.29) is 5.54 Å². The summed E-state index contributed by atoms with van der Waals surface area (Å²) in [4.78, 5) is 2.25. The molecule has 1 aliphatic heterocycles. The first-order valence-corrected chi connectivity index (χ1v) is 3.84. The van der Waals surface area contributed by atoms with Crippen LogP contribution >= 0.6 is 0 Å². The number of likely N-dealkylation sites (N-methyl/N-ethyl adjacent to an activating group) is 1. The normalized spacial score (nSPS) is 36.3. The van der Waals surface area contributed by atoms with Crippen LogP contribution in [0.1, 0.15) is 12.8 Å². The quantitative estimate of drug-likeness (QED) is 0.514. The largest absolute Gasteiger partial charge is 0.329 e. The summed E-state index contributed by atoms with van der Waals surface area (Å²) < 4.78 is 0. The zero-order valence-electron chi connectivity index (χ0n) is 6.64. The van der Waals surface area contributed by atoms with E-state index >= 15 is 0 Å². The fraction of sp³-hybridized carbons (Fsp3) is 1.00. The van der Waals surface area contributed by atoms with E-state index in [0.29, 0.717) is 6.54 Å². The van der Waals surface area contributed by atoms with Gasteiger partial charge in [0, 0.05) is 18.6 Å². The van der Waals surface area contributed by atoms with Crippen molar-refractivity contribution in [3.8, 4) is 0 Å². The predicted octanol–water partition coefficient (Wildman–Crippen LogP) is -0.632. The molecule has 0 spiro atoms. The molecule has 0 aromatic heterocycles. The van der Waals surface area contributed by atoms with Crippen molar-refractivity contribution in [3.63, 3.8) is 0 Å². The Morgan fingerprint density at radius 2 is 2.30 bits per heavy atom. The third-order valence-electron chi connectivity index (χ3n) is 2.21. The number of piperidine rings is 1. The molecule has 0 bridgehead atoms. The average Bonchev–Trinajstić information content (AvgIpc) is 1.88. The van der Waals surface area contributed by atoms with Crippen molar-refractivity contribution in [1.82, 2.24) is 4.90 Å². The van der Waals surface area contributed by atoms with E-state index in [1.165, 1.54) is 13.0 Å². The first-order valence-electron chi connectivity index (χ1n) is 3.84. The third kappa shape index (κ3) is 1.68. The number of hydrogen-bond acceptors (Lipinski definition) is 3. The molecule has 1 saturated heterocycles. The molecule has 10 heavy (non-hydrogen) atoms. The van der Waals surface area contributed by atoms with Crippen molar-refractivity contribution >= 4 is 0 Å². The topological polar surface area (TPSA) is 55.3 Å². The van der Waals surface area contributed by atoms with E-state index in [2.05, 4.69) is 11.9 Å². The number of hydrogen-bond donors (Lipinski definition) is 2. The van der Waals surface area contributed by atoms with Crippen LogP contribution < -0.4 is 11.5 Å². The molecule has 0 radical (unpaired) electrons. The van der Waals surface area contributed by atoms with Gasteiger partial charge in [-0.1, -0.05) is 0 Å². The Morgan fingerprint density at radius 1 is 1.60 bits per heavy atom. The van der Waals surface area contributed by atoms with Gasteiger partial charge in [-0.3, -0.25) is 0 Å². The molecule has 1 unspecified atom stereocenters. The van der Waals surface area contributed by atoms with Crippen LogP contribution in [0, 0.1) is 0 Å². The van der Waals surface area contributed by atoms with E-state index in [9.17, 15) is 0 Å². The SMILES string of the molecule is CN1CCCC(N)(CN)C1. The summed E-state index contributed by atoms with van der Waals surface area (Å²) in [5.74, 6) is 0. The Balaban J connectivity index is 2.45. The summed E-state index contributed by atoms with van der Waals surface area (Å²) in [6.07, 6.45) is 2.26. The Morgan fingerprint density at radius 3 is 2.70 bits per heavy atom. The monoisotopic (exact) mass is 143 g/mol. The third-order valence-corrected chi connectivity index (χ3v) is 2.21. The molecular weight excluding hydrogens is 126 g/mol. The molecule has 1 fully saturated rings. The molecule has 0 aliphatic carbocycles. The minimum Gasteiger partial charge on any atom is -0.329 e. The second kappa shape index (κ2) is 2.86. The first-order chi connectivity index (χ1) is 4.66. The zero-order chi connectivity index (χ0) is 7.61. The highest BCUT2D eigenvalue weighted by Crippen LogP contribution is 2.15. The number of nitrogens with two attached hydrogens (primary N) is 2. The smallest absolute Gasteiger partial charge is 0.0407 e. The summed E-state index contributed by atoms with van der Waals surface area (Å²) in [5, 5.41) is 0. The molecule has 0 saturated carbocycles. The lowest BCUT2D eigenvalue weighted by Gasteiger charge is -2.37. The highest BCUT2D eigenvalue weighted by molar-refractivity contribution is 4.91. The standard InChI is InChI=1S/C7H17N3/c1-10-4-2-3-7(9,5-8)6-10/h2-6,8-9H2,1H3. The van der Waals surface area contributed by atoms with E-state index in [1.807, 2.05) is 0 Å². The summed E-state index contributed by atoms with van der Waals surface area (Å²) in [6.45, 7) is 2.72. The summed E-state index contributed by atoms with van der Waals surface area (Å²) in [6, 6.07) is 0. The summed E-state index contributed by atoms with van der Waals surface area (Å²) in [5.41, 5.74) is 11.4. The molecular formula is C7H17N3. The predicted molar refractivity (Wildman–Crippen MR) is 42.7 cm³/mol. The van der Waals surface area contributed by atoms with Crippen LogP contribution in [0.2, 0.25) is 0 Å². The van der Waals surface area contributed by atoms with Gasteiger partial charge in [-0.25, -0.2) is 0 Å². The van der Waals surface area contributed by atoms with Crippen molar-refractivity contribution in [3.05, 3.63) is 0 Å². The van der Waals surface area contributed by atoms with Gasteiger partial charge in [-0.15, -0.1) is 0 Å². The average molecular weight is 143 g/mol. The van der Waals surface area contributed by atoms with Gasteiger partial charge < -0.3 is 16.4 Å². The van der Waals surface area contributed by atoms with Gasteiger partial charge in [0.1, 0.15) is 0 Å². The Bertz CT molecular complexity index is 115. The van der Waals surface area contributed by atoms with Gasteiger partial charge in [0.25, 0.3) is 0 Å². The van der Waals surface area contributed by atoms with Gasteiger partial charge in [0.05, 0.1) is 0 Å². The minimum absolute atomic E-state index is 0.104. The molecule has 1 rings (SSSR count). The highest BCUT2D eigenvalue weighted by Gasteiger charge is 2.27. The van der Waals surface area contributed by atoms with E-state index < -0.39 is 0 Å². The van der Waals surface area contributed by atoms with E-state index in [4.69, 9.17) is 11.5 Å². The Hall–Kier alpha value is -0.120. The number of rotatable bonds is 1. The molecule has 1 heterocycles. The van der Waals surface area contributed by atoms with Gasteiger partial charge >= 0.3 is 0 Å². The van der Waals surface area contributed by atoms with Gasteiger partial charge in [-0.2, -0.15) is 0 Å². The zero-order valence-corrected chi connectivity index (χ0v) is 6.64. The van der Waals surface area contributed by atoms with Crippen LogP contribution in [0.25, 0.3) is 0 Å². The van der Waals surface area contributed by atoms with Gasteiger partial charge in [-0.05, 0) is 26.4 Å². The van der Waals surface area contributed by atoms with Gasteiger partial charge in [0.15, 0.2) is 0 Å². The molecule has 0 aromatic rings. The van der Waals surface area contributed by atoms with Crippen molar-refractivity contribution in [2.45, 2.75) is 18.4 Å². The summed E-state index contributed by atoms with van der Waals surface area (Å²) in [7, 11) is 2.09. The van der Waals surface area contributed by atoms with Gasteiger partial charge in [0.2, 0.25) is 0 Å². The maximum atomic E-state index is 5.98. The van der Waals surface area contributed by atoms with Crippen molar-refractivity contribution in [2.24, 2.45) is 11.5 Å². The second-order valence-corrected chi connectivity index (χ2v) is 3.41. The fourth-order valence-electron chi connectivity index (χ4n) is 1.56. The van der Waals surface area contributed by atoms with Crippen molar-refractivity contribution in [1.29, 1.82) is 0 Å². The molecule has 3 heteroatoms.